The molecule has 0 atom stereocenters. The minimum atomic E-state index is -0.00607. The van der Waals surface area contributed by atoms with E-state index in [9.17, 15) is 4.79 Å². The number of ether oxygens (including phenoxy) is 1. The summed E-state index contributed by atoms with van der Waals surface area (Å²) in [6, 6.07) is 0. The Hall–Kier alpha value is -1.47. The maximum atomic E-state index is 11.5. The van der Waals surface area contributed by atoms with Crippen LogP contribution in [-0.4, -0.2) is 48.4 Å². The van der Waals surface area contributed by atoms with Crippen molar-refractivity contribution in [2.75, 3.05) is 26.2 Å². The lowest BCUT2D eigenvalue weighted by Gasteiger charge is -2.22. The summed E-state index contributed by atoms with van der Waals surface area (Å²) < 4.78 is 10.5. The van der Waals surface area contributed by atoms with Crippen molar-refractivity contribution < 1.29 is 14.1 Å². The molecule has 1 aromatic rings. The van der Waals surface area contributed by atoms with Crippen molar-refractivity contribution in [3.63, 3.8) is 0 Å². The van der Waals surface area contributed by atoms with Gasteiger partial charge in [0.25, 0.3) is 0 Å². The number of nitrogens with one attached hydrogen (secondary N) is 2. The van der Waals surface area contributed by atoms with Crippen LogP contribution in [0.2, 0.25) is 0 Å². The fourth-order valence-electron chi connectivity index (χ4n) is 1.98. The van der Waals surface area contributed by atoms with Gasteiger partial charge in [0.2, 0.25) is 11.8 Å². The quantitative estimate of drug-likeness (QED) is 0.717. The lowest BCUT2D eigenvalue weighted by atomic mass is 10.1. The molecule has 2 rings (SSSR count). The molecule has 19 heavy (non-hydrogen) atoms. The van der Waals surface area contributed by atoms with Crippen molar-refractivity contribution in [3.8, 4) is 0 Å². The van der Waals surface area contributed by atoms with E-state index in [1.807, 2.05) is 0 Å². The Morgan fingerprint density at radius 2 is 2.37 bits per heavy atom. The first-order valence-corrected chi connectivity index (χ1v) is 6.69. The first kappa shape index (κ1) is 14.0. The van der Waals surface area contributed by atoms with Crippen molar-refractivity contribution >= 4 is 5.91 Å². The monoisotopic (exact) mass is 268 g/mol. The highest BCUT2D eigenvalue weighted by Gasteiger charge is 2.13. The van der Waals surface area contributed by atoms with Gasteiger partial charge in [0.05, 0.1) is 12.7 Å². The summed E-state index contributed by atoms with van der Waals surface area (Å²) in [6.45, 7) is 2.99. The number of hydrogen-bond acceptors (Lipinski definition) is 6. The van der Waals surface area contributed by atoms with Gasteiger partial charge in [0, 0.05) is 19.4 Å². The summed E-state index contributed by atoms with van der Waals surface area (Å²) in [5.74, 6) is 0.528. The normalized spacial score (nSPS) is 16.4. The minimum absolute atomic E-state index is 0.00607. The highest BCUT2D eigenvalue weighted by atomic mass is 16.5. The molecule has 0 aromatic carbocycles. The van der Waals surface area contributed by atoms with E-state index in [1.165, 1.54) is 6.33 Å². The summed E-state index contributed by atoms with van der Waals surface area (Å²) in [4.78, 5) is 15.4. The largest absolute Gasteiger partial charge is 0.378 e. The van der Waals surface area contributed by atoms with Gasteiger partial charge in [-0.05, 0) is 25.9 Å². The van der Waals surface area contributed by atoms with Gasteiger partial charge in [-0.25, -0.2) is 0 Å². The third-order valence-electron chi connectivity index (χ3n) is 3.04. The molecule has 1 aromatic heterocycles. The van der Waals surface area contributed by atoms with Gasteiger partial charge in [-0.15, -0.1) is 0 Å². The highest BCUT2D eigenvalue weighted by Crippen LogP contribution is 2.07. The van der Waals surface area contributed by atoms with E-state index in [1.54, 1.807) is 0 Å². The fraction of sp³-hybridized carbons (Fsp3) is 0.750. The molecule has 0 unspecified atom stereocenters. The molecular formula is C12H20N4O3. The summed E-state index contributed by atoms with van der Waals surface area (Å²) in [5, 5.41) is 9.57. The summed E-state index contributed by atoms with van der Waals surface area (Å²) in [7, 11) is 0. The van der Waals surface area contributed by atoms with Gasteiger partial charge in [-0.3, -0.25) is 4.79 Å². The number of hydrogen-bond donors (Lipinski definition) is 2. The second-order valence-corrected chi connectivity index (χ2v) is 4.51. The third kappa shape index (κ3) is 5.35. The Bertz CT molecular complexity index is 363. The van der Waals surface area contributed by atoms with E-state index >= 15 is 0 Å². The molecule has 1 fully saturated rings. The zero-order chi connectivity index (χ0) is 13.3. The van der Waals surface area contributed by atoms with E-state index in [2.05, 4.69) is 20.8 Å². The number of rotatable bonds is 7. The molecule has 0 spiro atoms. The number of piperidine rings is 1. The lowest BCUT2D eigenvalue weighted by molar-refractivity contribution is -0.122. The topological polar surface area (TPSA) is 89.3 Å². The van der Waals surface area contributed by atoms with E-state index in [4.69, 9.17) is 9.26 Å². The Kier molecular flexibility index (Phi) is 5.77. The van der Waals surface area contributed by atoms with E-state index in [0.29, 0.717) is 38.0 Å². The van der Waals surface area contributed by atoms with E-state index in [-0.39, 0.29) is 5.91 Å². The maximum absolute atomic E-state index is 11.5. The van der Waals surface area contributed by atoms with Crippen molar-refractivity contribution in [1.82, 2.24) is 20.8 Å². The smallest absolute Gasteiger partial charge is 0.228 e. The van der Waals surface area contributed by atoms with E-state index in [0.717, 1.165) is 25.9 Å². The SMILES string of the molecule is O=C(CCOC1CCNCC1)NCCc1ncno1. The van der Waals surface area contributed by atoms with Crippen molar-refractivity contribution in [2.24, 2.45) is 0 Å². The lowest BCUT2D eigenvalue weighted by Crippen LogP contribution is -2.33. The second kappa shape index (κ2) is 7.85. The van der Waals surface area contributed by atoms with Gasteiger partial charge < -0.3 is 19.9 Å². The van der Waals surface area contributed by atoms with Crippen LogP contribution < -0.4 is 10.6 Å². The number of nitrogens with zero attached hydrogens (tertiary/aromatic N) is 2. The third-order valence-corrected chi connectivity index (χ3v) is 3.04. The van der Waals surface area contributed by atoms with Crippen LogP contribution in [0.1, 0.15) is 25.2 Å². The van der Waals surface area contributed by atoms with Crippen molar-refractivity contribution in [1.29, 1.82) is 0 Å². The average Bonchev–Trinajstić information content (AvgIpc) is 2.93. The Labute approximate surface area is 112 Å². The summed E-state index contributed by atoms with van der Waals surface area (Å²) in [5.41, 5.74) is 0. The number of carbonyl (C=O) groups is 1. The van der Waals surface area contributed by atoms with Gasteiger partial charge >= 0.3 is 0 Å². The van der Waals surface area contributed by atoms with Crippen molar-refractivity contribution in [3.05, 3.63) is 12.2 Å². The van der Waals surface area contributed by atoms with Gasteiger partial charge in [0.15, 0.2) is 6.33 Å². The number of aromatic nitrogens is 2. The van der Waals surface area contributed by atoms with Crippen LogP contribution in [0.15, 0.2) is 10.9 Å². The van der Waals surface area contributed by atoms with Crippen LogP contribution in [-0.2, 0) is 16.0 Å². The fourth-order valence-corrected chi connectivity index (χ4v) is 1.98. The Morgan fingerprint density at radius 1 is 1.53 bits per heavy atom. The van der Waals surface area contributed by atoms with E-state index < -0.39 is 0 Å². The molecule has 0 bridgehead atoms. The van der Waals surface area contributed by atoms with Crippen LogP contribution >= 0.6 is 0 Å². The molecular weight excluding hydrogens is 248 g/mol. The van der Waals surface area contributed by atoms with Gasteiger partial charge in [0.1, 0.15) is 0 Å². The van der Waals surface area contributed by atoms with Crippen LogP contribution in [0, 0.1) is 0 Å². The molecule has 1 aliphatic heterocycles. The Balaban J connectivity index is 1.49. The van der Waals surface area contributed by atoms with Crippen LogP contribution in [0.5, 0.6) is 0 Å². The molecule has 7 nitrogen and oxygen atoms in total. The molecule has 2 heterocycles. The summed E-state index contributed by atoms with van der Waals surface area (Å²) in [6.07, 6.45) is 4.66. The second-order valence-electron chi connectivity index (χ2n) is 4.51. The maximum Gasteiger partial charge on any atom is 0.228 e. The summed E-state index contributed by atoms with van der Waals surface area (Å²) >= 11 is 0. The molecule has 1 amide bonds. The number of carbonyl (C=O) groups excluding carboxylic acids is 1. The van der Waals surface area contributed by atoms with Crippen molar-refractivity contribution in [2.45, 2.75) is 31.8 Å². The van der Waals surface area contributed by atoms with Crippen LogP contribution in [0.4, 0.5) is 0 Å². The first-order chi connectivity index (χ1) is 9.34. The highest BCUT2D eigenvalue weighted by molar-refractivity contribution is 5.75. The first-order valence-electron chi connectivity index (χ1n) is 6.69. The zero-order valence-electron chi connectivity index (χ0n) is 10.9. The standard InChI is InChI=1S/C12H20N4O3/c17-11(14-7-3-12-15-9-16-19-12)4-8-18-10-1-5-13-6-2-10/h9-10,13H,1-8H2,(H,14,17). The molecule has 0 saturated carbocycles. The van der Waals surface area contributed by atoms with Gasteiger partial charge in [-0.1, -0.05) is 5.16 Å². The molecule has 0 aliphatic carbocycles. The molecule has 106 valence electrons. The van der Waals surface area contributed by atoms with Crippen LogP contribution in [0.25, 0.3) is 0 Å². The molecule has 1 aliphatic rings. The van der Waals surface area contributed by atoms with Gasteiger partial charge in [-0.2, -0.15) is 4.98 Å². The number of amides is 1. The predicted molar refractivity (Wildman–Crippen MR) is 67.5 cm³/mol. The molecule has 7 heteroatoms. The predicted octanol–water partition coefficient (Wildman–Crippen LogP) is -0.113. The Morgan fingerprint density at radius 3 is 3.11 bits per heavy atom. The molecule has 2 N–H and O–H groups in total. The van der Waals surface area contributed by atoms with Crippen LogP contribution in [0.3, 0.4) is 0 Å². The average molecular weight is 268 g/mol. The molecule has 0 radical (unpaired) electrons. The molecule has 1 saturated heterocycles. The minimum Gasteiger partial charge on any atom is -0.378 e. The zero-order valence-corrected chi connectivity index (χ0v) is 10.9.